The van der Waals surface area contributed by atoms with E-state index < -0.39 is 0 Å². The molecular formula is C17H19NO. The van der Waals surface area contributed by atoms with Gasteiger partial charge in [0.25, 0.3) is 0 Å². The van der Waals surface area contributed by atoms with Crippen molar-refractivity contribution >= 4 is 11.5 Å². The second-order valence-electron chi connectivity index (χ2n) is 5.21. The van der Waals surface area contributed by atoms with Gasteiger partial charge in [-0.3, -0.25) is 4.79 Å². The quantitative estimate of drug-likeness (QED) is 0.820. The van der Waals surface area contributed by atoms with Crippen LogP contribution in [0.15, 0.2) is 48.6 Å². The molecule has 19 heavy (non-hydrogen) atoms. The Balaban J connectivity index is 2.05. The van der Waals surface area contributed by atoms with Gasteiger partial charge in [-0.05, 0) is 18.6 Å². The van der Waals surface area contributed by atoms with Gasteiger partial charge < -0.3 is 4.90 Å². The lowest BCUT2D eigenvalue weighted by molar-refractivity contribution is 0.0928. The van der Waals surface area contributed by atoms with Gasteiger partial charge >= 0.3 is 0 Å². The standard InChI is InChI=1S/C17H19NO/c1-2-3-12-18-15-10-6-4-8-13(15)17(19)14-9-5-7-11-16(14)18/h4-11,13,15H,2-3,12H2,1H3. The van der Waals surface area contributed by atoms with Crippen molar-refractivity contribution in [1.29, 1.82) is 0 Å². The number of allylic oxidation sites excluding steroid dienone is 2. The third-order valence-corrected chi connectivity index (χ3v) is 4.00. The van der Waals surface area contributed by atoms with Gasteiger partial charge in [-0.15, -0.1) is 0 Å². The highest BCUT2D eigenvalue weighted by Gasteiger charge is 2.37. The Morgan fingerprint density at radius 2 is 1.95 bits per heavy atom. The fraction of sp³-hybridized carbons (Fsp3) is 0.353. The number of benzene rings is 1. The Morgan fingerprint density at radius 3 is 2.79 bits per heavy atom. The Kier molecular flexibility index (Phi) is 3.24. The second-order valence-corrected chi connectivity index (χ2v) is 5.21. The SMILES string of the molecule is CCCCN1c2ccccc2C(=O)C2C=CC=CC21. The van der Waals surface area contributed by atoms with Crippen LogP contribution in [0.3, 0.4) is 0 Å². The zero-order chi connectivity index (χ0) is 13.2. The summed E-state index contributed by atoms with van der Waals surface area (Å²) in [6.45, 7) is 3.22. The van der Waals surface area contributed by atoms with Gasteiger partial charge in [-0.1, -0.05) is 49.8 Å². The van der Waals surface area contributed by atoms with Crippen LogP contribution in [0.2, 0.25) is 0 Å². The largest absolute Gasteiger partial charge is 0.363 e. The van der Waals surface area contributed by atoms with Crippen LogP contribution in [0.25, 0.3) is 0 Å². The average molecular weight is 253 g/mol. The molecule has 0 bridgehead atoms. The van der Waals surface area contributed by atoms with Crippen molar-refractivity contribution < 1.29 is 4.79 Å². The van der Waals surface area contributed by atoms with Crippen molar-refractivity contribution in [3.8, 4) is 0 Å². The normalized spacial score (nSPS) is 24.3. The van der Waals surface area contributed by atoms with Crippen LogP contribution in [0.5, 0.6) is 0 Å². The smallest absolute Gasteiger partial charge is 0.174 e. The minimum Gasteiger partial charge on any atom is -0.363 e. The van der Waals surface area contributed by atoms with Gasteiger partial charge in [0.15, 0.2) is 5.78 Å². The zero-order valence-corrected chi connectivity index (χ0v) is 11.3. The molecule has 0 N–H and O–H groups in total. The molecule has 2 aliphatic rings. The van der Waals surface area contributed by atoms with E-state index >= 15 is 0 Å². The highest BCUT2D eigenvalue weighted by atomic mass is 16.1. The molecule has 2 heteroatoms. The molecule has 1 heterocycles. The van der Waals surface area contributed by atoms with Crippen molar-refractivity contribution in [2.45, 2.75) is 25.8 Å². The number of anilines is 1. The monoisotopic (exact) mass is 253 g/mol. The van der Waals surface area contributed by atoms with Gasteiger partial charge in [0.2, 0.25) is 0 Å². The molecule has 1 aliphatic heterocycles. The number of unbranched alkanes of at least 4 members (excludes halogenated alkanes) is 1. The Labute approximate surface area is 114 Å². The van der Waals surface area contributed by atoms with E-state index in [0.717, 1.165) is 24.2 Å². The highest BCUT2D eigenvalue weighted by Crippen LogP contribution is 2.36. The summed E-state index contributed by atoms with van der Waals surface area (Å²) >= 11 is 0. The van der Waals surface area contributed by atoms with E-state index in [2.05, 4.69) is 30.0 Å². The van der Waals surface area contributed by atoms with Crippen LogP contribution in [-0.4, -0.2) is 18.4 Å². The summed E-state index contributed by atoms with van der Waals surface area (Å²) in [6, 6.07) is 8.20. The molecular weight excluding hydrogens is 234 g/mol. The number of carbonyl (C=O) groups is 1. The van der Waals surface area contributed by atoms with Crippen molar-refractivity contribution in [2.75, 3.05) is 11.4 Å². The van der Waals surface area contributed by atoms with E-state index in [1.165, 1.54) is 6.42 Å². The summed E-state index contributed by atoms with van der Waals surface area (Å²) < 4.78 is 0. The maximum absolute atomic E-state index is 12.6. The fourth-order valence-electron chi connectivity index (χ4n) is 3.01. The number of hydrogen-bond donors (Lipinski definition) is 0. The lowest BCUT2D eigenvalue weighted by Crippen LogP contribution is -2.47. The minimum absolute atomic E-state index is 0.0169. The first kappa shape index (κ1) is 12.2. The summed E-state index contributed by atoms with van der Waals surface area (Å²) in [4.78, 5) is 15.0. The third kappa shape index (κ3) is 2.01. The summed E-state index contributed by atoms with van der Waals surface area (Å²) in [5, 5.41) is 0. The third-order valence-electron chi connectivity index (χ3n) is 4.00. The van der Waals surface area contributed by atoms with Crippen LogP contribution in [0.1, 0.15) is 30.1 Å². The molecule has 0 radical (unpaired) electrons. The zero-order valence-electron chi connectivity index (χ0n) is 11.3. The summed E-state index contributed by atoms with van der Waals surface area (Å²) in [7, 11) is 0. The van der Waals surface area contributed by atoms with Crippen molar-refractivity contribution in [1.82, 2.24) is 0 Å². The molecule has 0 spiro atoms. The van der Waals surface area contributed by atoms with Crippen LogP contribution in [0.4, 0.5) is 5.69 Å². The molecule has 1 aliphatic carbocycles. The van der Waals surface area contributed by atoms with Gasteiger partial charge in [0.05, 0.1) is 12.0 Å². The van der Waals surface area contributed by atoms with Crippen LogP contribution < -0.4 is 4.90 Å². The van der Waals surface area contributed by atoms with E-state index in [1.807, 2.05) is 30.4 Å². The first-order valence-electron chi connectivity index (χ1n) is 7.08. The fourth-order valence-corrected chi connectivity index (χ4v) is 3.01. The van der Waals surface area contributed by atoms with Crippen molar-refractivity contribution in [3.63, 3.8) is 0 Å². The Bertz CT molecular complexity index is 544. The molecule has 2 unspecified atom stereocenters. The molecule has 0 saturated heterocycles. The lowest BCUT2D eigenvalue weighted by Gasteiger charge is -2.41. The van der Waals surface area contributed by atoms with E-state index in [0.29, 0.717) is 0 Å². The van der Waals surface area contributed by atoms with Gasteiger partial charge in [0.1, 0.15) is 0 Å². The molecule has 1 aromatic rings. The van der Waals surface area contributed by atoms with E-state index in [9.17, 15) is 4.79 Å². The predicted octanol–water partition coefficient (Wildman–Crippen LogP) is 3.60. The maximum atomic E-state index is 12.6. The Hall–Kier alpha value is -1.83. The summed E-state index contributed by atoms with van der Waals surface area (Å²) in [5.41, 5.74) is 1.97. The number of Topliss-reactive ketones (excluding diaryl/α,β-unsaturated/α-hetero) is 1. The maximum Gasteiger partial charge on any atom is 0.174 e. The molecule has 0 amide bonds. The van der Waals surface area contributed by atoms with Crippen LogP contribution >= 0.6 is 0 Å². The molecule has 98 valence electrons. The molecule has 2 atom stereocenters. The molecule has 3 rings (SSSR count). The molecule has 1 aromatic carbocycles. The van der Waals surface area contributed by atoms with Crippen LogP contribution in [0, 0.1) is 5.92 Å². The highest BCUT2D eigenvalue weighted by molar-refractivity contribution is 6.06. The molecule has 0 saturated carbocycles. The van der Waals surface area contributed by atoms with E-state index in [4.69, 9.17) is 0 Å². The van der Waals surface area contributed by atoms with Crippen LogP contribution in [-0.2, 0) is 0 Å². The van der Waals surface area contributed by atoms with E-state index in [1.54, 1.807) is 0 Å². The summed E-state index contributed by atoms with van der Waals surface area (Å²) in [6.07, 6.45) is 10.6. The molecule has 2 nitrogen and oxygen atoms in total. The van der Waals surface area contributed by atoms with Crippen molar-refractivity contribution in [2.24, 2.45) is 5.92 Å². The van der Waals surface area contributed by atoms with Gasteiger partial charge in [0, 0.05) is 17.8 Å². The predicted molar refractivity (Wildman–Crippen MR) is 78.6 cm³/mol. The first-order chi connectivity index (χ1) is 9.33. The number of rotatable bonds is 3. The number of para-hydroxylation sites is 1. The number of nitrogens with zero attached hydrogens (tertiary/aromatic N) is 1. The number of carbonyl (C=O) groups excluding carboxylic acids is 1. The first-order valence-corrected chi connectivity index (χ1v) is 7.08. The minimum atomic E-state index is -0.0169. The van der Waals surface area contributed by atoms with Gasteiger partial charge in [-0.2, -0.15) is 0 Å². The molecule has 0 aromatic heterocycles. The number of ketones is 1. The number of hydrogen-bond acceptors (Lipinski definition) is 2. The second kappa shape index (κ2) is 5.04. The average Bonchev–Trinajstić information content (AvgIpc) is 2.47. The topological polar surface area (TPSA) is 20.3 Å². The van der Waals surface area contributed by atoms with Gasteiger partial charge in [-0.25, -0.2) is 0 Å². The van der Waals surface area contributed by atoms with E-state index in [-0.39, 0.29) is 17.7 Å². The van der Waals surface area contributed by atoms with Crippen molar-refractivity contribution in [3.05, 3.63) is 54.1 Å². The summed E-state index contributed by atoms with van der Waals surface area (Å²) in [5.74, 6) is 0.241. The number of fused-ring (bicyclic) bond motifs is 2. The Morgan fingerprint density at radius 1 is 1.16 bits per heavy atom. The lowest BCUT2D eigenvalue weighted by atomic mass is 9.82. The molecule has 0 fully saturated rings.